The van der Waals surface area contributed by atoms with Crippen molar-refractivity contribution in [2.24, 2.45) is 0 Å². The maximum atomic E-state index is 13.1. The summed E-state index contributed by atoms with van der Waals surface area (Å²) >= 11 is 1.55. The van der Waals surface area contributed by atoms with Crippen molar-refractivity contribution in [3.8, 4) is 11.1 Å². The van der Waals surface area contributed by atoms with E-state index in [1.807, 2.05) is 67.8 Å². The fourth-order valence-electron chi connectivity index (χ4n) is 3.73. The molecule has 0 radical (unpaired) electrons. The van der Waals surface area contributed by atoms with E-state index in [9.17, 15) is 14.7 Å². The van der Waals surface area contributed by atoms with Crippen LogP contribution in [0.25, 0.3) is 11.1 Å². The molecule has 0 fully saturated rings. The Labute approximate surface area is 225 Å². The fourth-order valence-corrected chi connectivity index (χ4v) is 4.20. The van der Waals surface area contributed by atoms with Crippen LogP contribution in [0.15, 0.2) is 72.8 Å². The van der Waals surface area contributed by atoms with Crippen molar-refractivity contribution in [3.05, 3.63) is 95.1 Å². The Morgan fingerprint density at radius 1 is 1.00 bits per heavy atom. The van der Waals surface area contributed by atoms with Crippen molar-refractivity contribution in [2.45, 2.75) is 32.4 Å². The van der Waals surface area contributed by atoms with Gasteiger partial charge >= 0.3 is 24.8 Å². The molecular weight excluding hydrogens is 453 g/mol. The van der Waals surface area contributed by atoms with Crippen LogP contribution in [0.5, 0.6) is 0 Å². The molecule has 0 unspecified atom stereocenters. The molecule has 180 valence electrons. The molecule has 0 saturated heterocycles. The molecule has 0 aliphatic heterocycles. The number of aliphatic carboxylic acids is 1. The number of ether oxygens (including phenoxy) is 1. The minimum absolute atomic E-state index is 0. The first kappa shape index (κ1) is 28.7. The van der Waals surface area contributed by atoms with Crippen molar-refractivity contribution in [3.63, 3.8) is 0 Å². The van der Waals surface area contributed by atoms with Gasteiger partial charge in [-0.25, -0.2) is 4.79 Å². The van der Waals surface area contributed by atoms with Gasteiger partial charge in [-0.3, -0.25) is 4.79 Å². The topological polar surface area (TPSA) is 75.6 Å². The Hall–Kier alpha value is -2.49. The zero-order valence-electron chi connectivity index (χ0n) is 21.6. The smallest absolute Gasteiger partial charge is 1.00 e. The number of aryl methyl sites for hydroxylation is 1. The summed E-state index contributed by atoms with van der Waals surface area (Å²) in [6.07, 6.45) is 3.12. The van der Waals surface area contributed by atoms with Crippen LogP contribution in [0.3, 0.4) is 0 Å². The molecule has 0 bridgehead atoms. The molecule has 1 amide bonds. The molecule has 2 N–H and O–H groups in total. The molecule has 0 heterocycles. The van der Waals surface area contributed by atoms with Gasteiger partial charge in [-0.15, -0.1) is 0 Å². The van der Waals surface area contributed by atoms with E-state index in [1.54, 1.807) is 17.8 Å². The van der Waals surface area contributed by atoms with Crippen LogP contribution >= 0.6 is 11.8 Å². The Balaban J connectivity index is 0.00000324. The van der Waals surface area contributed by atoms with Crippen LogP contribution in [0.4, 0.5) is 0 Å². The van der Waals surface area contributed by atoms with Crippen molar-refractivity contribution in [1.82, 2.24) is 5.32 Å². The quantitative estimate of drug-likeness (QED) is 0.305. The molecule has 7 heteroatoms. The standard InChI is InChI=1S/C28H31NO4S.Li.H/c1-20-8-6-7-11-23(20)25-18-22(19-33-16-14-21-9-4-3-5-10-21)12-13-24(25)27(30)29-26(28(31)32)15-17-34-2;;/h3-13,18,26H,14-17,19H2,1-2H3,(H,29,30)(H,31,32);;/q;+1;-1/t26-;;/m0../s1. The van der Waals surface area contributed by atoms with E-state index in [2.05, 4.69) is 17.4 Å². The van der Waals surface area contributed by atoms with Crippen molar-refractivity contribution in [2.75, 3.05) is 18.6 Å². The molecular formula is C28H32LiNO4S. The number of carboxylic acid groups (broad SMARTS) is 1. The third kappa shape index (κ3) is 8.59. The number of nitrogens with one attached hydrogen (secondary N) is 1. The molecule has 3 aromatic carbocycles. The van der Waals surface area contributed by atoms with Crippen molar-refractivity contribution < 1.29 is 39.7 Å². The number of hydrogen-bond acceptors (Lipinski definition) is 4. The Kier molecular flexibility index (Phi) is 12.2. The van der Waals surface area contributed by atoms with E-state index < -0.39 is 12.0 Å². The van der Waals surface area contributed by atoms with Gasteiger partial charge in [0.05, 0.1) is 13.2 Å². The number of amides is 1. The fraction of sp³-hybridized carbons (Fsp3) is 0.286. The number of rotatable bonds is 12. The molecule has 0 aliphatic rings. The Morgan fingerprint density at radius 3 is 2.40 bits per heavy atom. The second kappa shape index (κ2) is 14.8. The molecule has 35 heavy (non-hydrogen) atoms. The summed E-state index contributed by atoms with van der Waals surface area (Å²) in [6.45, 7) is 3.03. The van der Waals surface area contributed by atoms with Crippen LogP contribution in [0.2, 0.25) is 0 Å². The number of benzene rings is 3. The van der Waals surface area contributed by atoms with E-state index >= 15 is 0 Å². The molecule has 3 rings (SSSR count). The van der Waals surface area contributed by atoms with Gasteiger partial charge in [-0.05, 0) is 71.7 Å². The van der Waals surface area contributed by atoms with Crippen LogP contribution in [-0.4, -0.2) is 41.6 Å². The number of hydrogen-bond donors (Lipinski definition) is 2. The molecule has 0 saturated carbocycles. The normalized spacial score (nSPS) is 11.4. The van der Waals surface area contributed by atoms with E-state index in [4.69, 9.17) is 4.74 Å². The van der Waals surface area contributed by atoms with Crippen LogP contribution in [0.1, 0.15) is 34.9 Å². The third-order valence-electron chi connectivity index (χ3n) is 5.62. The average Bonchev–Trinajstić information content (AvgIpc) is 2.85. The molecule has 3 aromatic rings. The van der Waals surface area contributed by atoms with Gasteiger partial charge in [0.15, 0.2) is 0 Å². The second-order valence-corrected chi connectivity index (χ2v) is 9.11. The second-order valence-electron chi connectivity index (χ2n) is 8.13. The first-order valence-electron chi connectivity index (χ1n) is 11.3. The Morgan fingerprint density at radius 2 is 1.71 bits per heavy atom. The molecule has 0 aliphatic carbocycles. The van der Waals surface area contributed by atoms with Gasteiger partial charge in [-0.1, -0.05) is 60.7 Å². The largest absolute Gasteiger partial charge is 1.00 e. The zero-order valence-corrected chi connectivity index (χ0v) is 21.4. The minimum atomic E-state index is -1.02. The van der Waals surface area contributed by atoms with Gasteiger partial charge in [-0.2, -0.15) is 11.8 Å². The molecule has 5 nitrogen and oxygen atoms in total. The Bertz CT molecular complexity index is 1110. The first-order valence-corrected chi connectivity index (χ1v) is 12.7. The van der Waals surface area contributed by atoms with Gasteiger partial charge in [0.25, 0.3) is 5.91 Å². The SMILES string of the molecule is CSCC[C@H](NC(=O)c1ccc(COCCc2ccccc2)cc1-c1ccccc1C)C(=O)O.[H-].[Li+]. The summed E-state index contributed by atoms with van der Waals surface area (Å²) in [7, 11) is 0. The van der Waals surface area contributed by atoms with E-state index in [0.717, 1.165) is 28.7 Å². The summed E-state index contributed by atoms with van der Waals surface area (Å²) in [6, 6.07) is 22.7. The zero-order chi connectivity index (χ0) is 24.3. The first-order chi connectivity index (χ1) is 16.5. The van der Waals surface area contributed by atoms with Gasteiger partial charge in [0.2, 0.25) is 0 Å². The van der Waals surface area contributed by atoms with Gasteiger partial charge < -0.3 is 16.6 Å². The van der Waals surface area contributed by atoms with Crippen LogP contribution < -0.4 is 24.2 Å². The summed E-state index contributed by atoms with van der Waals surface area (Å²) in [5.41, 5.74) is 5.39. The minimum Gasteiger partial charge on any atom is -1.00 e. The summed E-state index contributed by atoms with van der Waals surface area (Å²) in [5.74, 6) is -0.757. The number of carbonyl (C=O) groups excluding carboxylic acids is 1. The maximum absolute atomic E-state index is 13.1. The van der Waals surface area contributed by atoms with Crippen molar-refractivity contribution in [1.29, 1.82) is 0 Å². The summed E-state index contributed by atoms with van der Waals surface area (Å²) < 4.78 is 5.90. The predicted octanol–water partition coefficient (Wildman–Crippen LogP) is 2.47. The maximum Gasteiger partial charge on any atom is 1.00 e. The monoisotopic (exact) mass is 485 g/mol. The average molecular weight is 486 g/mol. The van der Waals surface area contributed by atoms with Crippen LogP contribution in [0, 0.1) is 6.92 Å². The molecule has 0 aromatic heterocycles. The number of carboxylic acids is 1. The summed E-state index contributed by atoms with van der Waals surface area (Å²) in [4.78, 5) is 24.8. The van der Waals surface area contributed by atoms with E-state index in [-0.39, 0.29) is 26.2 Å². The number of carbonyl (C=O) groups is 2. The molecule has 1 atom stereocenters. The van der Waals surface area contributed by atoms with Crippen LogP contribution in [-0.2, 0) is 22.6 Å². The van der Waals surface area contributed by atoms with Gasteiger partial charge in [0, 0.05) is 5.56 Å². The third-order valence-corrected chi connectivity index (χ3v) is 6.27. The summed E-state index contributed by atoms with van der Waals surface area (Å²) in [5, 5.41) is 12.2. The van der Waals surface area contributed by atoms with Crippen molar-refractivity contribution >= 4 is 23.6 Å². The predicted molar refractivity (Wildman–Crippen MR) is 139 cm³/mol. The van der Waals surface area contributed by atoms with Gasteiger partial charge in [0.1, 0.15) is 6.04 Å². The van der Waals surface area contributed by atoms with E-state index in [0.29, 0.717) is 31.0 Å². The number of thioether (sulfide) groups is 1. The van der Waals surface area contributed by atoms with E-state index in [1.165, 1.54) is 5.56 Å². The molecule has 0 spiro atoms.